The first-order valence-corrected chi connectivity index (χ1v) is 6.48. The Morgan fingerprint density at radius 3 is 2.68 bits per heavy atom. The van der Waals surface area contributed by atoms with E-state index in [1.807, 2.05) is 20.8 Å². The van der Waals surface area contributed by atoms with E-state index in [2.05, 4.69) is 33.1 Å². The molecule has 3 N–H and O–H groups in total. The Hall–Kier alpha value is -1.63. The Morgan fingerprint density at radius 1 is 1.32 bits per heavy atom. The summed E-state index contributed by atoms with van der Waals surface area (Å²) in [6.45, 7) is 9.41. The Labute approximate surface area is 113 Å². The molecule has 108 valence electrons. The van der Waals surface area contributed by atoms with Crippen molar-refractivity contribution >= 4 is 11.9 Å². The average molecular weight is 269 g/mol. The lowest BCUT2D eigenvalue weighted by Crippen LogP contribution is -2.43. The summed E-state index contributed by atoms with van der Waals surface area (Å²) >= 11 is 0. The highest BCUT2D eigenvalue weighted by Crippen LogP contribution is 2.05. The molecule has 0 aliphatic heterocycles. The number of amides is 1. The van der Waals surface area contributed by atoms with Crippen LogP contribution in [-0.4, -0.2) is 34.7 Å². The van der Waals surface area contributed by atoms with Gasteiger partial charge in [-0.1, -0.05) is 12.0 Å². The highest BCUT2D eigenvalue weighted by Gasteiger charge is 2.14. The fourth-order valence-electron chi connectivity index (χ4n) is 1.39. The quantitative estimate of drug-likeness (QED) is 0.637. The molecule has 0 fully saturated rings. The molecule has 1 aromatic heterocycles. The molecule has 0 spiro atoms. The molecule has 0 aliphatic carbocycles. The third-order valence-electron chi connectivity index (χ3n) is 2.08. The van der Waals surface area contributed by atoms with Crippen LogP contribution in [0, 0.1) is 0 Å². The molecular weight excluding hydrogens is 246 g/mol. The highest BCUT2D eigenvalue weighted by molar-refractivity contribution is 5.80. The van der Waals surface area contributed by atoms with Crippen LogP contribution in [0.4, 0.5) is 6.01 Å². The van der Waals surface area contributed by atoms with Gasteiger partial charge >= 0.3 is 6.01 Å². The summed E-state index contributed by atoms with van der Waals surface area (Å²) in [5.41, 5.74) is -0.247. The maximum absolute atomic E-state index is 11.6. The Bertz CT molecular complexity index is 397. The Kier molecular flexibility index (Phi) is 5.75. The van der Waals surface area contributed by atoms with Gasteiger partial charge in [-0.3, -0.25) is 4.79 Å². The minimum absolute atomic E-state index is 0.112. The van der Waals surface area contributed by atoms with E-state index in [9.17, 15) is 4.79 Å². The lowest BCUT2D eigenvalue weighted by Gasteiger charge is -2.20. The monoisotopic (exact) mass is 269 g/mol. The number of carbonyl (C=O) groups excluding carboxylic acids is 1. The molecule has 0 aliphatic rings. The largest absolute Gasteiger partial charge is 0.407 e. The Balaban J connectivity index is 2.31. The molecule has 0 bridgehead atoms. The van der Waals surface area contributed by atoms with E-state index >= 15 is 0 Å². The molecule has 19 heavy (non-hydrogen) atoms. The van der Waals surface area contributed by atoms with Crippen molar-refractivity contribution in [3.8, 4) is 0 Å². The van der Waals surface area contributed by atoms with Crippen molar-refractivity contribution in [2.45, 2.75) is 46.2 Å². The lowest BCUT2D eigenvalue weighted by atomic mass is 10.1. The smallest absolute Gasteiger partial charge is 0.315 e. The summed E-state index contributed by atoms with van der Waals surface area (Å²) in [6.07, 6.45) is 1.05. The predicted molar refractivity (Wildman–Crippen MR) is 72.7 cm³/mol. The van der Waals surface area contributed by atoms with Gasteiger partial charge in [-0.05, 0) is 33.7 Å². The number of nitrogens with one attached hydrogen (secondary N) is 3. The third kappa shape index (κ3) is 6.76. The summed E-state index contributed by atoms with van der Waals surface area (Å²) in [5, 5.41) is 16.5. The van der Waals surface area contributed by atoms with Crippen molar-refractivity contribution in [3.05, 3.63) is 5.89 Å². The number of hydrogen-bond donors (Lipinski definition) is 3. The number of carbonyl (C=O) groups is 1. The average Bonchev–Trinajstić information content (AvgIpc) is 2.72. The first-order valence-electron chi connectivity index (χ1n) is 6.48. The number of aromatic nitrogens is 2. The molecule has 7 heteroatoms. The normalized spacial score (nSPS) is 11.4. The van der Waals surface area contributed by atoms with Gasteiger partial charge in [0.05, 0.1) is 13.1 Å². The minimum Gasteiger partial charge on any atom is -0.407 e. The number of nitrogens with zero attached hydrogens (tertiary/aromatic N) is 2. The van der Waals surface area contributed by atoms with Gasteiger partial charge < -0.3 is 20.4 Å². The maximum Gasteiger partial charge on any atom is 0.315 e. The van der Waals surface area contributed by atoms with Crippen LogP contribution in [0.15, 0.2) is 4.42 Å². The van der Waals surface area contributed by atoms with E-state index < -0.39 is 0 Å². The fraction of sp³-hybridized carbons (Fsp3) is 0.750. The van der Waals surface area contributed by atoms with Crippen molar-refractivity contribution in [2.24, 2.45) is 0 Å². The van der Waals surface area contributed by atoms with Gasteiger partial charge in [0.2, 0.25) is 11.8 Å². The zero-order chi connectivity index (χ0) is 14.3. The number of anilines is 1. The molecule has 0 saturated heterocycles. The first-order chi connectivity index (χ1) is 8.90. The Morgan fingerprint density at radius 2 is 2.05 bits per heavy atom. The van der Waals surface area contributed by atoms with E-state index in [4.69, 9.17) is 4.42 Å². The highest BCUT2D eigenvalue weighted by atomic mass is 16.4. The van der Waals surface area contributed by atoms with Gasteiger partial charge in [-0.2, -0.15) is 0 Å². The first kappa shape index (κ1) is 15.4. The van der Waals surface area contributed by atoms with Gasteiger partial charge in [0.1, 0.15) is 0 Å². The summed E-state index contributed by atoms with van der Waals surface area (Å²) < 4.78 is 5.33. The van der Waals surface area contributed by atoms with Crippen LogP contribution in [0.1, 0.15) is 40.0 Å². The van der Waals surface area contributed by atoms with Gasteiger partial charge in [-0.25, -0.2) is 0 Å². The van der Waals surface area contributed by atoms with E-state index in [1.54, 1.807) is 0 Å². The van der Waals surface area contributed by atoms with Crippen LogP contribution in [0.5, 0.6) is 0 Å². The molecule has 1 amide bonds. The zero-order valence-electron chi connectivity index (χ0n) is 12.0. The van der Waals surface area contributed by atoms with Crippen LogP contribution >= 0.6 is 0 Å². The van der Waals surface area contributed by atoms with Crippen LogP contribution in [0.3, 0.4) is 0 Å². The molecule has 1 heterocycles. The second kappa shape index (κ2) is 7.08. The zero-order valence-corrected chi connectivity index (χ0v) is 12.0. The van der Waals surface area contributed by atoms with Crippen molar-refractivity contribution < 1.29 is 9.21 Å². The summed E-state index contributed by atoms with van der Waals surface area (Å²) in [4.78, 5) is 11.6. The maximum atomic E-state index is 11.6. The molecule has 7 nitrogen and oxygen atoms in total. The van der Waals surface area contributed by atoms with Crippen LogP contribution in [0.25, 0.3) is 0 Å². The van der Waals surface area contributed by atoms with E-state index in [0.29, 0.717) is 12.4 Å². The van der Waals surface area contributed by atoms with E-state index in [-0.39, 0.29) is 24.0 Å². The second-order valence-electron chi connectivity index (χ2n) is 5.33. The molecule has 1 rings (SSSR count). The van der Waals surface area contributed by atoms with Crippen LogP contribution < -0.4 is 16.0 Å². The summed E-state index contributed by atoms with van der Waals surface area (Å²) in [5.74, 6) is 0.392. The fourth-order valence-corrected chi connectivity index (χ4v) is 1.39. The molecule has 0 aromatic carbocycles. The topological polar surface area (TPSA) is 92.1 Å². The summed E-state index contributed by atoms with van der Waals surface area (Å²) in [6, 6.07) is 0.261. The molecule has 0 atom stereocenters. The SMILES string of the molecule is CCCNCc1nnc(NCC(=O)NC(C)(C)C)o1. The molecular formula is C12H23N5O2. The van der Waals surface area contributed by atoms with E-state index in [0.717, 1.165) is 13.0 Å². The molecule has 0 radical (unpaired) electrons. The van der Waals surface area contributed by atoms with Gasteiger partial charge in [-0.15, -0.1) is 5.10 Å². The number of rotatable bonds is 7. The standard InChI is InChI=1S/C12H23N5O2/c1-5-6-13-8-10-16-17-11(19-10)14-7-9(18)15-12(2,3)4/h13H,5-8H2,1-4H3,(H,14,17)(H,15,18). The second-order valence-corrected chi connectivity index (χ2v) is 5.33. The lowest BCUT2D eigenvalue weighted by molar-refractivity contribution is -0.120. The predicted octanol–water partition coefficient (Wildman–Crippen LogP) is 0.896. The molecule has 0 unspecified atom stereocenters. The van der Waals surface area contributed by atoms with Crippen LogP contribution in [0.2, 0.25) is 0 Å². The van der Waals surface area contributed by atoms with Gasteiger partial charge in [0.25, 0.3) is 0 Å². The molecule has 0 saturated carbocycles. The van der Waals surface area contributed by atoms with Crippen molar-refractivity contribution in [1.29, 1.82) is 0 Å². The number of hydrogen-bond acceptors (Lipinski definition) is 6. The molecule has 1 aromatic rings. The third-order valence-corrected chi connectivity index (χ3v) is 2.08. The van der Waals surface area contributed by atoms with Crippen molar-refractivity contribution in [1.82, 2.24) is 20.8 Å². The van der Waals surface area contributed by atoms with Crippen molar-refractivity contribution in [3.63, 3.8) is 0 Å². The van der Waals surface area contributed by atoms with Gasteiger partial charge in [0.15, 0.2) is 0 Å². The van der Waals surface area contributed by atoms with Gasteiger partial charge in [0, 0.05) is 5.54 Å². The summed E-state index contributed by atoms with van der Waals surface area (Å²) in [7, 11) is 0. The minimum atomic E-state index is -0.247. The van der Waals surface area contributed by atoms with Crippen molar-refractivity contribution in [2.75, 3.05) is 18.4 Å². The van der Waals surface area contributed by atoms with Crippen LogP contribution in [-0.2, 0) is 11.3 Å². The van der Waals surface area contributed by atoms with E-state index in [1.165, 1.54) is 0 Å².